The maximum absolute atomic E-state index is 11.3. The van der Waals surface area contributed by atoms with E-state index in [2.05, 4.69) is 34.9 Å². The molecule has 0 spiro atoms. The first-order chi connectivity index (χ1) is 12.2. The first kappa shape index (κ1) is 14.2. The summed E-state index contributed by atoms with van der Waals surface area (Å²) in [5, 5.41) is 14.8. The van der Waals surface area contributed by atoms with Gasteiger partial charge in [-0.1, -0.05) is 0 Å². The number of aromatic hydroxyl groups is 1. The molecule has 4 heterocycles. The Morgan fingerprint density at radius 3 is 2.76 bits per heavy atom. The minimum absolute atomic E-state index is 0.218. The number of H-pyrrole nitrogens is 2. The summed E-state index contributed by atoms with van der Waals surface area (Å²) in [5.74, 6) is 0.421. The van der Waals surface area contributed by atoms with Crippen LogP contribution < -0.4 is 21.4 Å². The predicted molar refractivity (Wildman–Crippen MR) is 88.1 cm³/mol. The van der Waals surface area contributed by atoms with Crippen LogP contribution in [0.15, 0.2) is 16.0 Å². The van der Waals surface area contributed by atoms with Crippen molar-refractivity contribution >= 4 is 17.7 Å². The first-order valence-corrected chi connectivity index (χ1v) is 8.25. The number of nitrogens with zero attached hydrogens (tertiary/aromatic N) is 6. The quantitative estimate of drug-likeness (QED) is 0.542. The maximum atomic E-state index is 11.3. The van der Waals surface area contributed by atoms with Crippen LogP contribution in [-0.4, -0.2) is 53.8 Å². The molecule has 2 aliphatic rings. The highest BCUT2D eigenvalue weighted by atomic mass is 16.3. The lowest BCUT2D eigenvalue weighted by molar-refractivity contribution is 0.454. The van der Waals surface area contributed by atoms with Crippen LogP contribution in [0.4, 0.5) is 5.95 Å². The highest BCUT2D eigenvalue weighted by Crippen LogP contribution is 2.22. The zero-order chi connectivity index (χ0) is 17.0. The molecule has 1 aliphatic carbocycles. The topological polar surface area (TPSA) is 128 Å². The number of imidazole rings is 1. The molecule has 3 aromatic heterocycles. The fourth-order valence-corrected chi connectivity index (χ4v) is 2.73. The Labute approximate surface area is 140 Å². The lowest BCUT2D eigenvalue weighted by Crippen LogP contribution is -2.40. The van der Waals surface area contributed by atoms with Crippen molar-refractivity contribution in [3.05, 3.63) is 33.2 Å². The highest BCUT2D eigenvalue weighted by molar-refractivity contribution is 5.57. The Morgan fingerprint density at radius 1 is 1.28 bits per heavy atom. The van der Waals surface area contributed by atoms with Gasteiger partial charge in [0.05, 0.1) is 12.2 Å². The average molecular weight is 340 g/mol. The second kappa shape index (κ2) is 5.16. The van der Waals surface area contributed by atoms with Gasteiger partial charge in [-0.2, -0.15) is 19.6 Å². The number of hydrogen-bond donors (Lipinski definition) is 3. The van der Waals surface area contributed by atoms with Crippen LogP contribution >= 0.6 is 0 Å². The highest BCUT2D eigenvalue weighted by Gasteiger charge is 2.22. The van der Waals surface area contributed by atoms with E-state index in [-0.39, 0.29) is 11.6 Å². The smallest absolute Gasteiger partial charge is 0.326 e. The summed E-state index contributed by atoms with van der Waals surface area (Å²) in [6.07, 6.45) is 6.52. The molecule has 10 heteroatoms. The third-order valence-electron chi connectivity index (χ3n) is 4.39. The van der Waals surface area contributed by atoms with Crippen molar-refractivity contribution in [2.24, 2.45) is 4.99 Å². The van der Waals surface area contributed by atoms with E-state index in [0.717, 1.165) is 32.4 Å². The molecule has 0 aromatic carbocycles. The van der Waals surface area contributed by atoms with Gasteiger partial charge in [-0.25, -0.2) is 9.79 Å². The van der Waals surface area contributed by atoms with Crippen molar-refractivity contribution in [2.75, 3.05) is 18.0 Å². The summed E-state index contributed by atoms with van der Waals surface area (Å²) in [6.45, 7) is 1.86. The van der Waals surface area contributed by atoms with Crippen molar-refractivity contribution in [3.63, 3.8) is 0 Å². The van der Waals surface area contributed by atoms with Crippen LogP contribution in [0.3, 0.4) is 0 Å². The molecule has 1 saturated carbocycles. The van der Waals surface area contributed by atoms with E-state index in [1.54, 1.807) is 16.8 Å². The zero-order valence-electron chi connectivity index (χ0n) is 13.3. The maximum Gasteiger partial charge on any atom is 0.326 e. The number of aromatic nitrogens is 6. The fourth-order valence-electron chi connectivity index (χ4n) is 2.73. The second-order valence-corrected chi connectivity index (χ2v) is 6.35. The number of fused-ring (bicyclic) bond motifs is 1. The van der Waals surface area contributed by atoms with Gasteiger partial charge in [0.15, 0.2) is 5.65 Å². The van der Waals surface area contributed by atoms with Crippen LogP contribution in [-0.2, 0) is 0 Å². The van der Waals surface area contributed by atoms with E-state index in [4.69, 9.17) is 0 Å². The summed E-state index contributed by atoms with van der Waals surface area (Å²) >= 11 is 0. The van der Waals surface area contributed by atoms with Gasteiger partial charge in [-0.3, -0.25) is 4.98 Å². The molecule has 25 heavy (non-hydrogen) atoms. The van der Waals surface area contributed by atoms with Crippen molar-refractivity contribution in [1.29, 1.82) is 0 Å². The normalized spacial score (nSPS) is 19.0. The zero-order valence-corrected chi connectivity index (χ0v) is 13.3. The van der Waals surface area contributed by atoms with E-state index in [0.29, 0.717) is 28.5 Å². The van der Waals surface area contributed by atoms with Gasteiger partial charge in [0, 0.05) is 18.3 Å². The van der Waals surface area contributed by atoms with Gasteiger partial charge in [0.2, 0.25) is 11.8 Å². The van der Waals surface area contributed by atoms with Crippen molar-refractivity contribution < 1.29 is 5.11 Å². The molecule has 0 atom stereocenters. The Morgan fingerprint density at radius 2 is 2.12 bits per heavy atom. The van der Waals surface area contributed by atoms with Gasteiger partial charge < -0.3 is 15.0 Å². The molecular formula is C15H16N8O2. The monoisotopic (exact) mass is 340 g/mol. The molecule has 1 aliphatic heterocycles. The largest absolute Gasteiger partial charge is 0.493 e. The molecule has 128 valence electrons. The molecule has 3 N–H and O–H groups in total. The van der Waals surface area contributed by atoms with Gasteiger partial charge in [0.25, 0.3) is 5.62 Å². The molecule has 2 fully saturated rings. The molecule has 0 unspecified atom stereocenters. The number of aromatic amines is 2. The van der Waals surface area contributed by atoms with Gasteiger partial charge in [-0.15, -0.1) is 0 Å². The first-order valence-electron chi connectivity index (χ1n) is 8.25. The molecule has 1 saturated heterocycles. The molecule has 0 radical (unpaired) electrons. The molecule has 10 nitrogen and oxygen atoms in total. The predicted octanol–water partition coefficient (Wildman–Crippen LogP) is -1.33. The number of anilines is 1. The Kier molecular flexibility index (Phi) is 2.93. The summed E-state index contributed by atoms with van der Waals surface area (Å²) in [4.78, 5) is 32.1. The van der Waals surface area contributed by atoms with E-state index in [1.807, 2.05) is 0 Å². The van der Waals surface area contributed by atoms with E-state index < -0.39 is 5.69 Å². The van der Waals surface area contributed by atoms with E-state index in [1.165, 1.54) is 0 Å². The standard InChI is InChI=1S/C15H16N8O2/c24-12-10(18-15(25)20-12)6-8-7-16-23-11(8)19-13(22-4-1-5-22)21-14(23)17-9-2-3-9/h6-7,9,24H,1-5H2,(H2,18,20,25)/b8-6+,17-14?. The lowest BCUT2D eigenvalue weighted by atomic mass is 10.2. The number of nitrogens with one attached hydrogen (secondary N) is 2. The van der Waals surface area contributed by atoms with Gasteiger partial charge in [-0.05, 0) is 25.3 Å². The molecule has 3 aromatic rings. The van der Waals surface area contributed by atoms with Crippen LogP contribution in [0.1, 0.15) is 25.0 Å². The Hall–Kier alpha value is -3.17. The van der Waals surface area contributed by atoms with Gasteiger partial charge in [0.1, 0.15) is 5.69 Å². The molecule has 0 bridgehead atoms. The Bertz CT molecular complexity index is 1130. The fraction of sp³-hybridized carbons (Fsp3) is 0.400. The van der Waals surface area contributed by atoms with Crippen molar-refractivity contribution in [2.45, 2.75) is 25.3 Å². The summed E-state index contributed by atoms with van der Waals surface area (Å²) in [5.41, 5.74) is 0.948. The lowest BCUT2D eigenvalue weighted by Gasteiger charge is -2.30. The van der Waals surface area contributed by atoms with Crippen molar-refractivity contribution in [1.82, 2.24) is 29.5 Å². The average Bonchev–Trinajstić information content (AvgIpc) is 3.15. The van der Waals surface area contributed by atoms with Crippen molar-refractivity contribution in [3.8, 4) is 5.88 Å². The summed E-state index contributed by atoms with van der Waals surface area (Å²) in [6, 6.07) is 0.309. The van der Waals surface area contributed by atoms with E-state index >= 15 is 0 Å². The second-order valence-electron chi connectivity index (χ2n) is 6.35. The molecule has 5 rings (SSSR count). The summed E-state index contributed by atoms with van der Waals surface area (Å²) < 4.78 is 1.61. The summed E-state index contributed by atoms with van der Waals surface area (Å²) in [7, 11) is 0. The third kappa shape index (κ3) is 2.46. The minimum atomic E-state index is -0.472. The van der Waals surface area contributed by atoms with Crippen LogP contribution in [0.2, 0.25) is 0 Å². The molecular weight excluding hydrogens is 324 g/mol. The Balaban J connectivity index is 1.75. The van der Waals surface area contributed by atoms with Gasteiger partial charge >= 0.3 is 5.69 Å². The minimum Gasteiger partial charge on any atom is -0.493 e. The van der Waals surface area contributed by atoms with E-state index in [9.17, 15) is 9.90 Å². The third-order valence-corrected chi connectivity index (χ3v) is 4.39. The number of hydrogen-bond acceptors (Lipinski definition) is 7. The van der Waals surface area contributed by atoms with Crippen LogP contribution in [0, 0.1) is 0 Å². The van der Waals surface area contributed by atoms with Crippen LogP contribution in [0.5, 0.6) is 5.88 Å². The molecule has 0 amide bonds. The SMILES string of the molecule is O=c1[nH]c(O)c(/C=c2\cnn3c(=NC4CC4)nc(N4CCC4)nc23)[nH]1. The van der Waals surface area contributed by atoms with Crippen LogP contribution in [0.25, 0.3) is 11.7 Å². The number of rotatable bonds is 3.